The molecule has 0 bridgehead atoms. The van der Waals surface area contributed by atoms with Gasteiger partial charge in [-0.15, -0.1) is 0 Å². The van der Waals surface area contributed by atoms with Gasteiger partial charge in [-0.05, 0) is 51.5 Å². The lowest BCUT2D eigenvalue weighted by molar-refractivity contribution is -0.150. The van der Waals surface area contributed by atoms with Crippen molar-refractivity contribution >= 4 is 11.9 Å². The average molecular weight is 303 g/mol. The van der Waals surface area contributed by atoms with Crippen LogP contribution in [0.1, 0.15) is 50.2 Å². The number of carboxylic acid groups (broad SMARTS) is 1. The van der Waals surface area contributed by atoms with Gasteiger partial charge in [-0.25, -0.2) is 4.79 Å². The fourth-order valence-corrected chi connectivity index (χ4v) is 2.70. The van der Waals surface area contributed by atoms with E-state index in [9.17, 15) is 9.59 Å². The molecule has 4 nitrogen and oxygen atoms in total. The van der Waals surface area contributed by atoms with Gasteiger partial charge in [0.05, 0.1) is 0 Å². The van der Waals surface area contributed by atoms with Gasteiger partial charge in [0.25, 0.3) is 0 Å². The molecule has 1 fully saturated rings. The highest BCUT2D eigenvalue weighted by atomic mass is 16.4. The first kappa shape index (κ1) is 16.5. The fourth-order valence-electron chi connectivity index (χ4n) is 2.70. The molecule has 4 heteroatoms. The molecule has 0 aromatic heterocycles. The Morgan fingerprint density at radius 1 is 1.23 bits per heavy atom. The van der Waals surface area contributed by atoms with E-state index in [4.69, 9.17) is 5.11 Å². The summed E-state index contributed by atoms with van der Waals surface area (Å²) in [5, 5.41) is 9.13. The van der Waals surface area contributed by atoms with E-state index in [1.807, 2.05) is 0 Å². The molecule has 0 radical (unpaired) electrons. The van der Waals surface area contributed by atoms with Crippen LogP contribution in [0.4, 0.5) is 0 Å². The van der Waals surface area contributed by atoms with E-state index in [-0.39, 0.29) is 11.9 Å². The Labute approximate surface area is 132 Å². The quantitative estimate of drug-likeness (QED) is 0.750. The highest BCUT2D eigenvalue weighted by Gasteiger charge is 2.37. The average Bonchev–Trinajstić information content (AvgIpc) is 3.30. The fraction of sp³-hybridized carbons (Fsp3) is 0.556. The molecule has 1 saturated carbocycles. The largest absolute Gasteiger partial charge is 0.480 e. The number of benzene rings is 1. The number of aliphatic carboxylic acids is 1. The monoisotopic (exact) mass is 303 g/mol. The van der Waals surface area contributed by atoms with Gasteiger partial charge in [0.15, 0.2) is 0 Å². The number of unbranched alkanes of at least 4 members (excludes halogenated alkanes) is 1. The molecule has 120 valence electrons. The van der Waals surface area contributed by atoms with Crippen molar-refractivity contribution in [1.82, 2.24) is 4.90 Å². The minimum absolute atomic E-state index is 0.0127. The molecule has 0 heterocycles. The zero-order chi connectivity index (χ0) is 16.1. The molecule has 0 aliphatic heterocycles. The Morgan fingerprint density at radius 2 is 1.86 bits per heavy atom. The molecule has 1 aliphatic carbocycles. The predicted molar refractivity (Wildman–Crippen MR) is 85.7 cm³/mol. The zero-order valence-corrected chi connectivity index (χ0v) is 13.4. The number of rotatable bonds is 8. The molecule has 1 N–H and O–H groups in total. The first-order valence-corrected chi connectivity index (χ1v) is 8.08. The Balaban J connectivity index is 1.76. The maximum atomic E-state index is 12.3. The molecule has 2 rings (SSSR count). The molecule has 0 spiro atoms. The third kappa shape index (κ3) is 4.58. The van der Waals surface area contributed by atoms with Crippen LogP contribution in [-0.4, -0.2) is 34.0 Å². The number of carbonyl (C=O) groups excluding carboxylic acids is 1. The van der Waals surface area contributed by atoms with Crippen LogP contribution in [-0.2, 0) is 16.0 Å². The van der Waals surface area contributed by atoms with Crippen molar-refractivity contribution in [2.24, 2.45) is 0 Å². The Bertz CT molecular complexity index is 520. The number of carbonyl (C=O) groups is 2. The second kappa shape index (κ2) is 7.43. The van der Waals surface area contributed by atoms with E-state index in [1.165, 1.54) is 11.1 Å². The Morgan fingerprint density at radius 3 is 2.41 bits per heavy atom. The standard InChI is InChI=1S/C18H25NO3/c1-13-7-9-15(10-8-13)5-3-4-6-17(20)19(16-11-12-16)14(2)18(21)22/h7-10,14,16H,3-6,11-12H2,1-2H3,(H,21,22). The minimum Gasteiger partial charge on any atom is -0.480 e. The van der Waals surface area contributed by atoms with Gasteiger partial charge < -0.3 is 10.0 Å². The zero-order valence-electron chi connectivity index (χ0n) is 13.4. The normalized spacial score (nSPS) is 15.4. The van der Waals surface area contributed by atoms with Crippen molar-refractivity contribution in [2.45, 2.75) is 64.5 Å². The van der Waals surface area contributed by atoms with Crippen molar-refractivity contribution in [2.75, 3.05) is 0 Å². The summed E-state index contributed by atoms with van der Waals surface area (Å²) in [6.07, 6.45) is 5.04. The molecule has 22 heavy (non-hydrogen) atoms. The number of nitrogens with zero attached hydrogens (tertiary/aromatic N) is 1. The molecule has 1 amide bonds. The highest BCUT2D eigenvalue weighted by Crippen LogP contribution is 2.29. The van der Waals surface area contributed by atoms with Gasteiger partial charge in [0, 0.05) is 12.5 Å². The summed E-state index contributed by atoms with van der Waals surface area (Å²) in [6, 6.07) is 7.89. The van der Waals surface area contributed by atoms with E-state index in [0.717, 1.165) is 32.1 Å². The smallest absolute Gasteiger partial charge is 0.326 e. The van der Waals surface area contributed by atoms with Gasteiger partial charge >= 0.3 is 5.97 Å². The SMILES string of the molecule is Cc1ccc(CCCCC(=O)N(C2CC2)C(C)C(=O)O)cc1. The van der Waals surface area contributed by atoms with Crippen LogP contribution in [0.3, 0.4) is 0 Å². The van der Waals surface area contributed by atoms with Crippen LogP contribution in [0.25, 0.3) is 0 Å². The first-order chi connectivity index (χ1) is 10.5. The van der Waals surface area contributed by atoms with Crippen molar-refractivity contribution in [1.29, 1.82) is 0 Å². The van der Waals surface area contributed by atoms with Crippen molar-refractivity contribution in [3.63, 3.8) is 0 Å². The lowest BCUT2D eigenvalue weighted by Crippen LogP contribution is -2.44. The molecular formula is C18H25NO3. The van der Waals surface area contributed by atoms with Crippen LogP contribution < -0.4 is 0 Å². The van der Waals surface area contributed by atoms with E-state index in [2.05, 4.69) is 31.2 Å². The van der Waals surface area contributed by atoms with E-state index >= 15 is 0 Å². The lowest BCUT2D eigenvalue weighted by atomic mass is 10.1. The summed E-state index contributed by atoms with van der Waals surface area (Å²) in [5.74, 6) is -0.929. The van der Waals surface area contributed by atoms with Crippen molar-refractivity contribution in [3.8, 4) is 0 Å². The maximum Gasteiger partial charge on any atom is 0.326 e. The van der Waals surface area contributed by atoms with Gasteiger partial charge in [0.1, 0.15) is 6.04 Å². The summed E-state index contributed by atoms with van der Waals surface area (Å²) in [6.45, 7) is 3.67. The number of hydrogen-bond donors (Lipinski definition) is 1. The van der Waals surface area contributed by atoms with Crippen LogP contribution in [0.2, 0.25) is 0 Å². The number of hydrogen-bond acceptors (Lipinski definition) is 2. The van der Waals surface area contributed by atoms with Crippen LogP contribution in [0, 0.1) is 6.92 Å². The third-order valence-electron chi connectivity index (χ3n) is 4.23. The molecule has 0 saturated heterocycles. The lowest BCUT2D eigenvalue weighted by Gasteiger charge is -2.26. The molecular weight excluding hydrogens is 278 g/mol. The topological polar surface area (TPSA) is 57.6 Å². The first-order valence-electron chi connectivity index (χ1n) is 8.08. The summed E-state index contributed by atoms with van der Waals surface area (Å²) < 4.78 is 0. The molecule has 1 unspecified atom stereocenters. The molecule has 1 aromatic carbocycles. The van der Waals surface area contributed by atoms with Crippen molar-refractivity contribution in [3.05, 3.63) is 35.4 Å². The van der Waals surface area contributed by atoms with Gasteiger partial charge in [-0.3, -0.25) is 4.79 Å². The van der Waals surface area contributed by atoms with E-state index in [1.54, 1.807) is 11.8 Å². The highest BCUT2D eigenvalue weighted by molar-refractivity contribution is 5.83. The van der Waals surface area contributed by atoms with Crippen molar-refractivity contribution < 1.29 is 14.7 Å². The molecule has 1 atom stereocenters. The second-order valence-electron chi connectivity index (χ2n) is 6.24. The number of aryl methyl sites for hydroxylation is 2. The third-order valence-corrected chi connectivity index (χ3v) is 4.23. The predicted octanol–water partition coefficient (Wildman–Crippen LogP) is 3.17. The van der Waals surface area contributed by atoms with Gasteiger partial charge in [-0.2, -0.15) is 0 Å². The van der Waals surface area contributed by atoms with Crippen LogP contribution >= 0.6 is 0 Å². The Hall–Kier alpha value is -1.84. The van der Waals surface area contributed by atoms with Crippen LogP contribution in [0.15, 0.2) is 24.3 Å². The molecule has 1 aromatic rings. The Kier molecular flexibility index (Phi) is 5.58. The van der Waals surface area contributed by atoms with Gasteiger partial charge in [-0.1, -0.05) is 29.8 Å². The van der Waals surface area contributed by atoms with Gasteiger partial charge in [0.2, 0.25) is 5.91 Å². The minimum atomic E-state index is -0.917. The summed E-state index contributed by atoms with van der Waals surface area (Å²) in [5.41, 5.74) is 2.54. The summed E-state index contributed by atoms with van der Waals surface area (Å²) >= 11 is 0. The number of amides is 1. The maximum absolute atomic E-state index is 12.3. The molecule has 1 aliphatic rings. The van der Waals surface area contributed by atoms with Crippen LogP contribution in [0.5, 0.6) is 0 Å². The second-order valence-corrected chi connectivity index (χ2v) is 6.24. The summed E-state index contributed by atoms with van der Waals surface area (Å²) in [7, 11) is 0. The van der Waals surface area contributed by atoms with E-state index in [0.29, 0.717) is 6.42 Å². The summed E-state index contributed by atoms with van der Waals surface area (Å²) in [4.78, 5) is 25.0. The number of carboxylic acids is 1. The van der Waals surface area contributed by atoms with E-state index < -0.39 is 12.0 Å².